The standard InChI is InChI=1S/C14H18O2/c15-5-11-7-1-2-8-12(6-16)10-4-3-9(11)14(10)13(7)8/h1-4,7-16H,5-6H2/t7-,8+,9+,10-,11?,12?,13?,14?. The second-order valence-electron chi connectivity index (χ2n) is 5.93. The van der Waals surface area contributed by atoms with E-state index in [9.17, 15) is 10.2 Å². The second kappa shape index (κ2) is 2.99. The zero-order valence-electron chi connectivity index (χ0n) is 9.24. The number of aliphatic hydroxyl groups is 2. The summed E-state index contributed by atoms with van der Waals surface area (Å²) < 4.78 is 0. The van der Waals surface area contributed by atoms with E-state index in [1.54, 1.807) is 0 Å². The van der Waals surface area contributed by atoms with Crippen LogP contribution >= 0.6 is 0 Å². The van der Waals surface area contributed by atoms with Crippen LogP contribution in [0, 0.1) is 47.3 Å². The van der Waals surface area contributed by atoms with Crippen molar-refractivity contribution >= 4 is 0 Å². The zero-order chi connectivity index (χ0) is 10.9. The van der Waals surface area contributed by atoms with Crippen molar-refractivity contribution in [2.45, 2.75) is 0 Å². The van der Waals surface area contributed by atoms with Crippen molar-refractivity contribution in [2.75, 3.05) is 13.2 Å². The smallest absolute Gasteiger partial charge is 0.0470 e. The third kappa shape index (κ3) is 0.844. The first-order valence-electron chi connectivity index (χ1n) is 6.45. The Morgan fingerprint density at radius 2 is 0.938 bits per heavy atom. The summed E-state index contributed by atoms with van der Waals surface area (Å²) in [5.41, 5.74) is 0. The average Bonchev–Trinajstić information content (AvgIpc) is 2.95. The minimum Gasteiger partial charge on any atom is -0.396 e. The third-order valence-electron chi connectivity index (χ3n) is 5.73. The number of allylic oxidation sites excluding steroid dienone is 4. The first-order chi connectivity index (χ1) is 7.86. The highest BCUT2D eigenvalue weighted by Gasteiger charge is 2.63. The van der Waals surface area contributed by atoms with E-state index in [4.69, 9.17) is 0 Å². The summed E-state index contributed by atoms with van der Waals surface area (Å²) in [6.45, 7) is 0.639. The van der Waals surface area contributed by atoms with E-state index in [1.807, 2.05) is 0 Å². The van der Waals surface area contributed by atoms with Gasteiger partial charge in [-0.25, -0.2) is 0 Å². The molecule has 0 aromatic rings. The number of hydrogen-bond donors (Lipinski definition) is 2. The summed E-state index contributed by atoms with van der Waals surface area (Å²) in [6.07, 6.45) is 9.28. The minimum atomic E-state index is 0.320. The van der Waals surface area contributed by atoms with Crippen molar-refractivity contribution in [1.82, 2.24) is 0 Å². The molecule has 4 aliphatic rings. The van der Waals surface area contributed by atoms with E-state index in [2.05, 4.69) is 24.3 Å². The normalized spacial score (nSPS) is 59.9. The highest BCUT2D eigenvalue weighted by molar-refractivity contribution is 5.29. The van der Waals surface area contributed by atoms with E-state index in [-0.39, 0.29) is 0 Å². The summed E-state index contributed by atoms with van der Waals surface area (Å²) >= 11 is 0. The lowest BCUT2D eigenvalue weighted by atomic mass is 9.84. The molecular formula is C14H18O2. The van der Waals surface area contributed by atoms with Gasteiger partial charge in [-0.3, -0.25) is 0 Å². The van der Waals surface area contributed by atoms with Gasteiger partial charge in [0.2, 0.25) is 0 Å². The van der Waals surface area contributed by atoms with Crippen LogP contribution in [0.15, 0.2) is 24.3 Å². The molecule has 0 amide bonds. The minimum absolute atomic E-state index is 0.320. The van der Waals surface area contributed by atoms with E-state index in [0.29, 0.717) is 60.6 Å². The molecule has 2 fully saturated rings. The highest BCUT2D eigenvalue weighted by atomic mass is 16.3. The predicted octanol–water partition coefficient (Wildman–Crippen LogP) is 1.07. The highest BCUT2D eigenvalue weighted by Crippen LogP contribution is 2.66. The Hall–Kier alpha value is -0.600. The quantitative estimate of drug-likeness (QED) is 0.681. The van der Waals surface area contributed by atoms with E-state index in [0.717, 1.165) is 0 Å². The lowest BCUT2D eigenvalue weighted by Gasteiger charge is -2.22. The number of rotatable bonds is 2. The van der Waals surface area contributed by atoms with Crippen LogP contribution < -0.4 is 0 Å². The van der Waals surface area contributed by atoms with Gasteiger partial charge in [0, 0.05) is 13.2 Å². The van der Waals surface area contributed by atoms with Gasteiger partial charge in [-0.1, -0.05) is 24.3 Å². The molecule has 0 saturated heterocycles. The molecule has 0 bridgehead atoms. The Morgan fingerprint density at radius 3 is 1.19 bits per heavy atom. The molecule has 4 unspecified atom stereocenters. The fraction of sp³-hybridized carbons (Fsp3) is 0.714. The Morgan fingerprint density at radius 1 is 0.625 bits per heavy atom. The van der Waals surface area contributed by atoms with Crippen LogP contribution in [0.4, 0.5) is 0 Å². The summed E-state index contributed by atoms with van der Waals surface area (Å²) in [5.74, 6) is 4.61. The first kappa shape index (κ1) is 9.43. The maximum absolute atomic E-state index is 9.57. The summed E-state index contributed by atoms with van der Waals surface area (Å²) in [7, 11) is 0. The van der Waals surface area contributed by atoms with Crippen molar-refractivity contribution in [3.63, 3.8) is 0 Å². The molecule has 0 aromatic heterocycles. The fourth-order valence-electron chi connectivity index (χ4n) is 5.28. The zero-order valence-corrected chi connectivity index (χ0v) is 9.24. The molecule has 0 radical (unpaired) electrons. The Bertz CT molecular complexity index is 309. The molecule has 2 N–H and O–H groups in total. The van der Waals surface area contributed by atoms with Gasteiger partial charge in [0.15, 0.2) is 0 Å². The molecule has 0 spiro atoms. The monoisotopic (exact) mass is 218 g/mol. The van der Waals surface area contributed by atoms with Crippen LogP contribution in [0.1, 0.15) is 0 Å². The summed E-state index contributed by atoms with van der Waals surface area (Å²) in [6, 6.07) is 0. The van der Waals surface area contributed by atoms with Gasteiger partial charge in [0.1, 0.15) is 0 Å². The lowest BCUT2D eigenvalue weighted by molar-refractivity contribution is 0.149. The lowest BCUT2D eigenvalue weighted by Crippen LogP contribution is -2.22. The molecule has 86 valence electrons. The fourth-order valence-corrected chi connectivity index (χ4v) is 5.28. The van der Waals surface area contributed by atoms with Crippen LogP contribution in [0.2, 0.25) is 0 Å². The largest absolute Gasteiger partial charge is 0.396 e. The molecule has 0 aliphatic heterocycles. The van der Waals surface area contributed by atoms with Crippen LogP contribution in [0.25, 0.3) is 0 Å². The van der Waals surface area contributed by atoms with Gasteiger partial charge in [-0.05, 0) is 47.3 Å². The molecule has 2 nitrogen and oxygen atoms in total. The summed E-state index contributed by atoms with van der Waals surface area (Å²) in [4.78, 5) is 0. The van der Waals surface area contributed by atoms with Gasteiger partial charge in [-0.2, -0.15) is 0 Å². The average molecular weight is 218 g/mol. The molecule has 4 rings (SSSR count). The molecule has 0 aromatic carbocycles. The molecular weight excluding hydrogens is 200 g/mol. The third-order valence-corrected chi connectivity index (χ3v) is 5.73. The van der Waals surface area contributed by atoms with Gasteiger partial charge >= 0.3 is 0 Å². The van der Waals surface area contributed by atoms with Gasteiger partial charge < -0.3 is 10.2 Å². The van der Waals surface area contributed by atoms with Crippen LogP contribution in [0.3, 0.4) is 0 Å². The SMILES string of the molecule is OCC1[C@H]2C=C[C@H]3C(CO)[C@H]4C=C[C@@H]1C4C23. The van der Waals surface area contributed by atoms with Crippen LogP contribution in [-0.2, 0) is 0 Å². The first-order valence-corrected chi connectivity index (χ1v) is 6.45. The molecule has 0 heterocycles. The molecule has 16 heavy (non-hydrogen) atoms. The van der Waals surface area contributed by atoms with Crippen LogP contribution in [0.5, 0.6) is 0 Å². The van der Waals surface area contributed by atoms with Gasteiger partial charge in [-0.15, -0.1) is 0 Å². The van der Waals surface area contributed by atoms with Crippen molar-refractivity contribution in [1.29, 1.82) is 0 Å². The Kier molecular flexibility index (Phi) is 1.76. The van der Waals surface area contributed by atoms with E-state index in [1.165, 1.54) is 0 Å². The van der Waals surface area contributed by atoms with Gasteiger partial charge in [0.25, 0.3) is 0 Å². The molecule has 8 atom stereocenters. The number of aliphatic hydroxyl groups excluding tert-OH is 2. The van der Waals surface area contributed by atoms with Crippen molar-refractivity contribution in [2.24, 2.45) is 47.3 Å². The maximum atomic E-state index is 9.57. The van der Waals surface area contributed by atoms with Crippen molar-refractivity contribution in [3.8, 4) is 0 Å². The van der Waals surface area contributed by atoms with E-state index >= 15 is 0 Å². The van der Waals surface area contributed by atoms with Gasteiger partial charge in [0.05, 0.1) is 0 Å². The van der Waals surface area contributed by atoms with Crippen molar-refractivity contribution < 1.29 is 10.2 Å². The molecule has 2 heteroatoms. The second-order valence-corrected chi connectivity index (χ2v) is 5.93. The van der Waals surface area contributed by atoms with Crippen LogP contribution in [-0.4, -0.2) is 23.4 Å². The Labute approximate surface area is 95.7 Å². The predicted molar refractivity (Wildman–Crippen MR) is 60.4 cm³/mol. The Balaban J connectivity index is 1.80. The van der Waals surface area contributed by atoms with Crippen molar-refractivity contribution in [3.05, 3.63) is 24.3 Å². The number of hydrogen-bond acceptors (Lipinski definition) is 2. The maximum Gasteiger partial charge on any atom is 0.0470 e. The van der Waals surface area contributed by atoms with E-state index < -0.39 is 0 Å². The summed E-state index contributed by atoms with van der Waals surface area (Å²) in [5, 5.41) is 19.1. The molecule has 2 saturated carbocycles. The molecule has 4 aliphatic carbocycles. The topological polar surface area (TPSA) is 40.5 Å².